The Morgan fingerprint density at radius 2 is 1.18 bits per heavy atom. The van der Waals surface area contributed by atoms with E-state index in [-0.39, 0.29) is 24.8 Å². The van der Waals surface area contributed by atoms with Crippen molar-refractivity contribution in [3.05, 3.63) is 71.7 Å². The first kappa shape index (κ1) is 16.0. The van der Waals surface area contributed by atoms with Gasteiger partial charge in [0.25, 0.3) is 0 Å². The lowest BCUT2D eigenvalue weighted by molar-refractivity contribution is -0.00000414. The fourth-order valence-corrected chi connectivity index (χ4v) is 2.79. The molecule has 4 aromatic rings. The standard InChI is InChI=1S/C18H11N2.2ClH/c19-20-18-7-3-6-14-10-15-8-12-4-1-2-5-13(12)9-16(15)11-17(14)18;;/h1-11H;2*1H/q+1;;/p-1. The van der Waals surface area contributed by atoms with Crippen LogP contribution in [0, 0.1) is 5.39 Å². The van der Waals surface area contributed by atoms with E-state index in [0.717, 1.165) is 16.2 Å². The maximum Gasteiger partial charge on any atom is 0.392 e. The monoisotopic (exact) mass is 326 g/mol. The fourth-order valence-electron chi connectivity index (χ4n) is 2.79. The number of rotatable bonds is 0. The van der Waals surface area contributed by atoms with Gasteiger partial charge in [0.15, 0.2) is 4.98 Å². The molecule has 0 unspecified atom stereocenters. The Morgan fingerprint density at radius 1 is 0.636 bits per heavy atom. The molecule has 0 saturated carbocycles. The highest BCUT2D eigenvalue weighted by molar-refractivity contribution is 6.07. The molecule has 0 fully saturated rings. The summed E-state index contributed by atoms with van der Waals surface area (Å²) in [7, 11) is 0. The highest BCUT2D eigenvalue weighted by atomic mass is 35.5. The van der Waals surface area contributed by atoms with Crippen LogP contribution in [0.3, 0.4) is 0 Å². The van der Waals surface area contributed by atoms with Crippen LogP contribution in [0.15, 0.2) is 66.7 Å². The summed E-state index contributed by atoms with van der Waals surface area (Å²) in [5.74, 6) is 0. The number of hydrogen-bond acceptors (Lipinski definition) is 1. The van der Waals surface area contributed by atoms with Gasteiger partial charge in [-0.05, 0) is 51.2 Å². The first-order valence-electron chi connectivity index (χ1n) is 6.55. The van der Waals surface area contributed by atoms with Gasteiger partial charge in [0.05, 0.1) is 5.39 Å². The van der Waals surface area contributed by atoms with Gasteiger partial charge in [-0.3, -0.25) is 0 Å². The lowest BCUT2D eigenvalue weighted by Gasteiger charge is -2.04. The smallest absolute Gasteiger partial charge is 0.392 e. The topological polar surface area (TPSA) is 28.1 Å². The molecule has 0 bridgehead atoms. The number of halogens is 2. The van der Waals surface area contributed by atoms with Crippen molar-refractivity contribution in [1.29, 1.82) is 5.39 Å². The van der Waals surface area contributed by atoms with Gasteiger partial charge in [-0.25, -0.2) is 0 Å². The minimum atomic E-state index is 0. The summed E-state index contributed by atoms with van der Waals surface area (Å²) in [5, 5.41) is 16.0. The highest BCUT2D eigenvalue weighted by Crippen LogP contribution is 2.32. The molecule has 108 valence electrons. The summed E-state index contributed by atoms with van der Waals surface area (Å²) in [4.78, 5) is 3.37. The zero-order valence-electron chi connectivity index (χ0n) is 11.5. The van der Waals surface area contributed by atoms with E-state index in [0.29, 0.717) is 5.69 Å². The van der Waals surface area contributed by atoms with Crippen molar-refractivity contribution >= 4 is 50.4 Å². The molecule has 0 saturated heterocycles. The molecule has 0 N–H and O–H groups in total. The Bertz CT molecular complexity index is 1020. The molecule has 0 aliphatic heterocycles. The van der Waals surface area contributed by atoms with Gasteiger partial charge in [0, 0.05) is 6.07 Å². The van der Waals surface area contributed by atoms with Gasteiger partial charge in [-0.1, -0.05) is 36.4 Å². The Morgan fingerprint density at radius 3 is 1.82 bits per heavy atom. The molecule has 2 nitrogen and oxygen atoms in total. The lowest BCUT2D eigenvalue weighted by Crippen LogP contribution is -3.00. The van der Waals surface area contributed by atoms with Crippen molar-refractivity contribution in [1.82, 2.24) is 0 Å². The van der Waals surface area contributed by atoms with Crippen molar-refractivity contribution in [2.45, 2.75) is 0 Å². The lowest BCUT2D eigenvalue weighted by atomic mass is 9.99. The molecule has 0 spiro atoms. The van der Waals surface area contributed by atoms with E-state index in [1.807, 2.05) is 24.3 Å². The number of hydrogen-bond donors (Lipinski definition) is 0. The van der Waals surface area contributed by atoms with E-state index < -0.39 is 0 Å². The SMILES string of the molecule is Cl.N#[N+]c1cccc2cc3cc4ccccc4cc3cc12.[Cl-]. The molecule has 4 rings (SSSR count). The molecule has 0 heterocycles. The van der Waals surface area contributed by atoms with E-state index in [1.165, 1.54) is 16.2 Å². The van der Waals surface area contributed by atoms with Crippen LogP contribution >= 0.6 is 12.4 Å². The van der Waals surface area contributed by atoms with Crippen molar-refractivity contribution in [3.8, 4) is 0 Å². The second-order valence-electron chi connectivity index (χ2n) is 5.00. The second kappa shape index (κ2) is 6.19. The Balaban J connectivity index is 0.000000882. The average Bonchev–Trinajstić information content (AvgIpc) is 2.50. The highest BCUT2D eigenvalue weighted by Gasteiger charge is 2.11. The predicted molar refractivity (Wildman–Crippen MR) is 91.0 cm³/mol. The normalized spacial score (nSPS) is 9.95. The Kier molecular flexibility index (Phi) is 4.51. The van der Waals surface area contributed by atoms with Crippen LogP contribution in [-0.2, 0) is 0 Å². The summed E-state index contributed by atoms with van der Waals surface area (Å²) in [6, 6.07) is 22.7. The number of nitrogens with zero attached hydrogens (tertiary/aromatic N) is 2. The van der Waals surface area contributed by atoms with Gasteiger partial charge in [-0.15, -0.1) is 12.4 Å². The zero-order valence-corrected chi connectivity index (χ0v) is 13.1. The Hall–Kier alpha value is -2.34. The van der Waals surface area contributed by atoms with Crippen LogP contribution in [0.25, 0.3) is 37.3 Å². The molecule has 0 radical (unpaired) electrons. The molecule has 0 aromatic heterocycles. The summed E-state index contributed by atoms with van der Waals surface area (Å²) in [6.45, 7) is 0. The molecule has 4 heteroatoms. The summed E-state index contributed by atoms with van der Waals surface area (Å²) in [5.41, 5.74) is 0.609. The van der Waals surface area contributed by atoms with Crippen molar-refractivity contribution in [2.24, 2.45) is 0 Å². The third kappa shape index (κ3) is 2.46. The van der Waals surface area contributed by atoms with Crippen molar-refractivity contribution in [3.63, 3.8) is 0 Å². The van der Waals surface area contributed by atoms with Gasteiger partial charge < -0.3 is 12.4 Å². The van der Waals surface area contributed by atoms with E-state index in [1.54, 1.807) is 0 Å². The quantitative estimate of drug-likeness (QED) is 0.360. The van der Waals surface area contributed by atoms with Crippen LogP contribution in [0.5, 0.6) is 0 Å². The van der Waals surface area contributed by atoms with Crippen molar-refractivity contribution < 1.29 is 12.4 Å². The summed E-state index contributed by atoms with van der Waals surface area (Å²) >= 11 is 0. The van der Waals surface area contributed by atoms with Crippen LogP contribution in [-0.4, -0.2) is 0 Å². The zero-order chi connectivity index (χ0) is 13.5. The number of diazo groups is 1. The average molecular weight is 327 g/mol. The molecule has 0 atom stereocenters. The van der Waals surface area contributed by atoms with Gasteiger partial charge in [0.2, 0.25) is 5.39 Å². The van der Waals surface area contributed by atoms with Crippen LogP contribution in [0.1, 0.15) is 0 Å². The molecular formula is C18H12Cl2N2. The largest absolute Gasteiger partial charge is 1.00 e. The maximum absolute atomic E-state index is 9.10. The van der Waals surface area contributed by atoms with Crippen LogP contribution < -0.4 is 12.4 Å². The van der Waals surface area contributed by atoms with E-state index >= 15 is 0 Å². The molecular weight excluding hydrogens is 315 g/mol. The predicted octanol–water partition coefficient (Wildman–Crippen LogP) is 3.06. The molecule has 22 heavy (non-hydrogen) atoms. The molecule has 0 aliphatic rings. The third-order valence-electron chi connectivity index (χ3n) is 3.79. The molecule has 4 aromatic carbocycles. The summed E-state index contributed by atoms with van der Waals surface area (Å²) < 4.78 is 0. The maximum atomic E-state index is 9.10. The summed E-state index contributed by atoms with van der Waals surface area (Å²) in [6.07, 6.45) is 0. The van der Waals surface area contributed by atoms with E-state index in [4.69, 9.17) is 5.39 Å². The van der Waals surface area contributed by atoms with E-state index in [2.05, 4.69) is 47.4 Å². The second-order valence-corrected chi connectivity index (χ2v) is 5.00. The fraction of sp³-hybridized carbons (Fsp3) is 0. The first-order chi connectivity index (χ1) is 9.85. The Labute approximate surface area is 140 Å². The van der Waals surface area contributed by atoms with E-state index in [9.17, 15) is 0 Å². The minimum Gasteiger partial charge on any atom is -1.00 e. The third-order valence-corrected chi connectivity index (χ3v) is 3.79. The number of fused-ring (bicyclic) bond motifs is 3. The number of benzene rings is 4. The van der Waals surface area contributed by atoms with Gasteiger partial charge in [-0.2, -0.15) is 0 Å². The van der Waals surface area contributed by atoms with Crippen LogP contribution in [0.4, 0.5) is 5.69 Å². The van der Waals surface area contributed by atoms with Crippen LogP contribution in [0.2, 0.25) is 0 Å². The van der Waals surface area contributed by atoms with Crippen molar-refractivity contribution in [2.75, 3.05) is 0 Å². The molecule has 0 aliphatic carbocycles. The van der Waals surface area contributed by atoms with Gasteiger partial charge in [0.1, 0.15) is 0 Å². The molecule has 0 amide bonds. The minimum absolute atomic E-state index is 0. The van der Waals surface area contributed by atoms with Gasteiger partial charge >= 0.3 is 5.69 Å². The first-order valence-corrected chi connectivity index (χ1v) is 6.55.